The zero-order valence-corrected chi connectivity index (χ0v) is 14.2. The van der Waals surface area contributed by atoms with Crippen LogP contribution in [0, 0.1) is 0 Å². The molecule has 0 bridgehead atoms. The molecule has 0 saturated carbocycles. The fourth-order valence-electron chi connectivity index (χ4n) is 2.20. The standard InChI is InChI=1S/C14H10BrNO4S2/c15-11-6-7-13-10(8-11)9-14(21(17)18)16(13)22(19,20)12-4-2-1-3-5-12/h1-9H,(H,17,18). The average Bonchev–Trinajstić information content (AvgIpc) is 2.87. The summed E-state index contributed by atoms with van der Waals surface area (Å²) in [5, 5.41) is 0.378. The minimum absolute atomic E-state index is 0.0575. The number of halogens is 1. The van der Waals surface area contributed by atoms with Crippen LogP contribution in [0.3, 0.4) is 0 Å². The summed E-state index contributed by atoms with van der Waals surface area (Å²) in [6, 6.07) is 14.2. The van der Waals surface area contributed by atoms with Gasteiger partial charge in [-0.15, -0.1) is 0 Å². The zero-order chi connectivity index (χ0) is 15.9. The molecule has 8 heteroatoms. The topological polar surface area (TPSA) is 76.4 Å². The summed E-state index contributed by atoms with van der Waals surface area (Å²) in [4.78, 5) is 0.0575. The molecule has 0 fully saturated rings. The summed E-state index contributed by atoms with van der Waals surface area (Å²) < 4.78 is 48.3. The third kappa shape index (κ3) is 2.52. The second kappa shape index (κ2) is 5.62. The average molecular weight is 400 g/mol. The monoisotopic (exact) mass is 399 g/mol. The van der Waals surface area contributed by atoms with Crippen LogP contribution >= 0.6 is 15.9 Å². The number of hydrogen-bond acceptors (Lipinski definition) is 3. The summed E-state index contributed by atoms with van der Waals surface area (Å²) in [6.45, 7) is 0. The molecule has 3 rings (SSSR count). The Balaban J connectivity index is 2.39. The molecule has 0 saturated heterocycles. The van der Waals surface area contributed by atoms with Crippen molar-refractivity contribution in [2.24, 2.45) is 0 Å². The maximum atomic E-state index is 12.8. The minimum atomic E-state index is -3.96. The number of aromatic nitrogens is 1. The largest absolute Gasteiger partial charge is 0.301 e. The molecule has 2 aromatic carbocycles. The van der Waals surface area contributed by atoms with Crippen molar-refractivity contribution in [3.05, 3.63) is 59.1 Å². The van der Waals surface area contributed by atoms with Crippen molar-refractivity contribution in [2.45, 2.75) is 9.92 Å². The van der Waals surface area contributed by atoms with Gasteiger partial charge in [0.15, 0.2) is 0 Å². The fraction of sp³-hybridized carbons (Fsp3) is 0. The predicted molar refractivity (Wildman–Crippen MR) is 87.7 cm³/mol. The lowest BCUT2D eigenvalue weighted by molar-refractivity contribution is 0.553. The quantitative estimate of drug-likeness (QED) is 0.685. The van der Waals surface area contributed by atoms with E-state index < -0.39 is 21.1 Å². The lowest BCUT2D eigenvalue weighted by atomic mass is 10.3. The van der Waals surface area contributed by atoms with Crippen LogP contribution in [0.1, 0.15) is 0 Å². The van der Waals surface area contributed by atoms with Crippen molar-refractivity contribution in [1.29, 1.82) is 0 Å². The van der Waals surface area contributed by atoms with Gasteiger partial charge in [-0.25, -0.2) is 16.6 Å². The molecule has 3 aromatic rings. The Bertz CT molecular complexity index is 981. The van der Waals surface area contributed by atoms with Crippen molar-refractivity contribution in [3.8, 4) is 0 Å². The highest BCUT2D eigenvalue weighted by atomic mass is 79.9. The second-order valence-corrected chi connectivity index (χ2v) is 8.14. The SMILES string of the molecule is O=S(O)c1cc2cc(Br)ccc2n1S(=O)(=O)c1ccccc1. The van der Waals surface area contributed by atoms with E-state index in [0.717, 1.165) is 8.45 Å². The molecule has 0 aliphatic heterocycles. The molecule has 1 N–H and O–H groups in total. The van der Waals surface area contributed by atoms with E-state index in [-0.39, 0.29) is 9.92 Å². The summed E-state index contributed by atoms with van der Waals surface area (Å²) in [5.41, 5.74) is 0.351. The molecule has 22 heavy (non-hydrogen) atoms. The van der Waals surface area contributed by atoms with Crippen LogP contribution in [0.25, 0.3) is 10.9 Å². The Hall–Kier alpha value is -1.48. The molecular formula is C14H10BrNO4S2. The fourth-order valence-corrected chi connectivity index (χ4v) is 4.96. The van der Waals surface area contributed by atoms with Crippen LogP contribution in [0.4, 0.5) is 0 Å². The van der Waals surface area contributed by atoms with Gasteiger partial charge in [-0.05, 0) is 36.4 Å². The Kier molecular flexibility index (Phi) is 3.94. The first-order valence-electron chi connectivity index (χ1n) is 6.14. The van der Waals surface area contributed by atoms with Crippen molar-refractivity contribution in [2.75, 3.05) is 0 Å². The van der Waals surface area contributed by atoms with Gasteiger partial charge in [-0.1, -0.05) is 34.1 Å². The van der Waals surface area contributed by atoms with Crippen LogP contribution in [-0.2, 0) is 21.1 Å². The molecule has 0 radical (unpaired) electrons. The van der Waals surface area contributed by atoms with Crippen LogP contribution in [-0.4, -0.2) is 21.2 Å². The lowest BCUT2D eigenvalue weighted by Gasteiger charge is -2.10. The van der Waals surface area contributed by atoms with E-state index in [4.69, 9.17) is 0 Å². The minimum Gasteiger partial charge on any atom is -0.301 e. The van der Waals surface area contributed by atoms with Gasteiger partial charge < -0.3 is 4.55 Å². The second-order valence-electron chi connectivity index (χ2n) is 4.52. The first-order valence-corrected chi connectivity index (χ1v) is 9.48. The third-order valence-electron chi connectivity index (χ3n) is 3.15. The highest BCUT2D eigenvalue weighted by Gasteiger charge is 2.25. The Morgan fingerprint density at radius 2 is 1.73 bits per heavy atom. The molecule has 1 atom stereocenters. The number of benzene rings is 2. The first-order chi connectivity index (χ1) is 10.4. The molecule has 0 amide bonds. The van der Waals surface area contributed by atoms with Gasteiger partial charge in [-0.2, -0.15) is 0 Å². The highest BCUT2D eigenvalue weighted by Crippen LogP contribution is 2.29. The van der Waals surface area contributed by atoms with E-state index >= 15 is 0 Å². The van der Waals surface area contributed by atoms with E-state index in [1.807, 2.05) is 0 Å². The van der Waals surface area contributed by atoms with Crippen LogP contribution in [0.2, 0.25) is 0 Å². The number of fused-ring (bicyclic) bond motifs is 1. The van der Waals surface area contributed by atoms with Gasteiger partial charge >= 0.3 is 0 Å². The number of nitrogens with zero attached hydrogens (tertiary/aromatic N) is 1. The van der Waals surface area contributed by atoms with Gasteiger partial charge in [0.05, 0.1) is 10.4 Å². The smallest absolute Gasteiger partial charge is 0.269 e. The molecular weight excluding hydrogens is 390 g/mol. The van der Waals surface area contributed by atoms with Crippen LogP contribution in [0.15, 0.2) is 69.0 Å². The zero-order valence-electron chi connectivity index (χ0n) is 11.0. The maximum Gasteiger partial charge on any atom is 0.269 e. The van der Waals surface area contributed by atoms with E-state index in [0.29, 0.717) is 10.9 Å². The van der Waals surface area contributed by atoms with Gasteiger partial charge in [0, 0.05) is 9.86 Å². The van der Waals surface area contributed by atoms with E-state index in [9.17, 15) is 17.2 Å². The molecule has 1 unspecified atom stereocenters. The van der Waals surface area contributed by atoms with E-state index in [2.05, 4.69) is 15.9 Å². The number of hydrogen-bond donors (Lipinski definition) is 1. The van der Waals surface area contributed by atoms with Crippen LogP contribution < -0.4 is 0 Å². The molecule has 1 aromatic heterocycles. The van der Waals surface area contributed by atoms with E-state index in [1.54, 1.807) is 36.4 Å². The summed E-state index contributed by atoms with van der Waals surface area (Å²) >= 11 is 0.870. The third-order valence-corrected chi connectivity index (χ3v) is 6.16. The van der Waals surface area contributed by atoms with Crippen LogP contribution in [0.5, 0.6) is 0 Å². The summed E-state index contributed by atoms with van der Waals surface area (Å²) in [5.74, 6) is 0. The van der Waals surface area contributed by atoms with Crippen molar-refractivity contribution >= 4 is 47.9 Å². The molecule has 0 spiro atoms. The lowest BCUT2D eigenvalue weighted by Crippen LogP contribution is -2.16. The maximum absolute atomic E-state index is 12.8. The van der Waals surface area contributed by atoms with Gasteiger partial charge in [-0.3, -0.25) is 0 Å². The summed E-state index contributed by atoms with van der Waals surface area (Å²) in [6.07, 6.45) is 0. The normalized spacial score (nSPS) is 13.4. The van der Waals surface area contributed by atoms with Gasteiger partial charge in [0.25, 0.3) is 10.0 Å². The molecule has 0 aliphatic rings. The first kappa shape index (κ1) is 15.4. The van der Waals surface area contributed by atoms with Gasteiger partial charge in [0.2, 0.25) is 11.1 Å². The Morgan fingerprint density at radius 1 is 1.05 bits per heavy atom. The van der Waals surface area contributed by atoms with E-state index in [1.165, 1.54) is 18.2 Å². The Morgan fingerprint density at radius 3 is 2.36 bits per heavy atom. The van der Waals surface area contributed by atoms with Crippen molar-refractivity contribution in [1.82, 2.24) is 3.97 Å². The number of rotatable bonds is 3. The Labute approximate surface area is 138 Å². The van der Waals surface area contributed by atoms with Gasteiger partial charge in [0.1, 0.15) is 5.03 Å². The highest BCUT2D eigenvalue weighted by molar-refractivity contribution is 9.10. The molecule has 114 valence electrons. The molecule has 0 aliphatic carbocycles. The summed E-state index contributed by atoms with van der Waals surface area (Å²) in [7, 11) is -3.96. The van der Waals surface area contributed by atoms with Crippen molar-refractivity contribution < 1.29 is 17.2 Å². The predicted octanol–water partition coefficient (Wildman–Crippen LogP) is 3.22. The van der Waals surface area contributed by atoms with Crippen molar-refractivity contribution in [3.63, 3.8) is 0 Å². The molecule has 1 heterocycles. The molecule has 5 nitrogen and oxygen atoms in total.